The van der Waals surface area contributed by atoms with Crippen molar-refractivity contribution in [1.82, 2.24) is 4.90 Å². The molecule has 146 valence electrons. The lowest BCUT2D eigenvalue weighted by molar-refractivity contribution is -0.148. The molecular formula is C19H23NO6S. The number of sulfone groups is 1. The molecule has 0 aliphatic carbocycles. The highest BCUT2D eigenvalue weighted by Crippen LogP contribution is 2.16. The Hall–Kier alpha value is -2.61. The number of amides is 1. The van der Waals surface area contributed by atoms with Crippen LogP contribution < -0.4 is 4.74 Å². The first-order valence-corrected chi connectivity index (χ1v) is 10.3. The van der Waals surface area contributed by atoms with Crippen LogP contribution in [0.25, 0.3) is 6.08 Å². The van der Waals surface area contributed by atoms with E-state index in [1.165, 1.54) is 18.0 Å². The largest absolute Gasteiger partial charge is 0.490 e. The molecule has 1 saturated heterocycles. The van der Waals surface area contributed by atoms with Crippen LogP contribution in [0, 0.1) is 0 Å². The number of rotatable bonds is 8. The number of benzene rings is 1. The molecule has 0 N–H and O–H groups in total. The fourth-order valence-corrected chi connectivity index (χ4v) is 4.34. The van der Waals surface area contributed by atoms with Gasteiger partial charge in [0.05, 0.1) is 11.5 Å². The molecule has 2 rings (SSSR count). The highest BCUT2D eigenvalue weighted by Gasteiger charge is 2.32. The summed E-state index contributed by atoms with van der Waals surface area (Å²) in [5, 5.41) is 0. The number of nitrogens with zero attached hydrogens (tertiary/aromatic N) is 1. The van der Waals surface area contributed by atoms with Crippen molar-refractivity contribution in [3.63, 3.8) is 0 Å². The fourth-order valence-electron chi connectivity index (χ4n) is 2.56. The first kappa shape index (κ1) is 20.7. The number of carbonyl (C=O) groups is 2. The minimum Gasteiger partial charge on any atom is -0.490 e. The molecule has 1 aliphatic heterocycles. The summed E-state index contributed by atoms with van der Waals surface area (Å²) < 4.78 is 33.3. The van der Waals surface area contributed by atoms with Crippen molar-refractivity contribution in [2.75, 3.05) is 31.8 Å². The minimum absolute atomic E-state index is 0.0460. The molecule has 27 heavy (non-hydrogen) atoms. The van der Waals surface area contributed by atoms with Gasteiger partial charge in [0.15, 0.2) is 16.4 Å². The molecule has 0 radical (unpaired) electrons. The second-order valence-corrected chi connectivity index (χ2v) is 8.40. The molecule has 1 fully saturated rings. The molecule has 0 saturated carbocycles. The highest BCUT2D eigenvalue weighted by molar-refractivity contribution is 7.91. The summed E-state index contributed by atoms with van der Waals surface area (Å²) >= 11 is 0. The van der Waals surface area contributed by atoms with Crippen molar-refractivity contribution in [3.8, 4) is 5.75 Å². The van der Waals surface area contributed by atoms with Gasteiger partial charge in [-0.15, -0.1) is 0 Å². The SMILES string of the molecule is C=CCOc1ccc(/C=C\C(=O)OCC(=O)N(C)[C@H]2CCS(=O)(=O)C2)cc1. The second-order valence-electron chi connectivity index (χ2n) is 6.17. The van der Waals surface area contributed by atoms with Gasteiger partial charge in [0, 0.05) is 19.2 Å². The predicted molar refractivity (Wildman–Crippen MR) is 102 cm³/mol. The van der Waals surface area contributed by atoms with Crippen molar-refractivity contribution < 1.29 is 27.5 Å². The van der Waals surface area contributed by atoms with E-state index in [1.54, 1.807) is 36.4 Å². The van der Waals surface area contributed by atoms with Crippen LogP contribution in [0.2, 0.25) is 0 Å². The second kappa shape index (κ2) is 9.36. The molecular weight excluding hydrogens is 370 g/mol. The average molecular weight is 393 g/mol. The topological polar surface area (TPSA) is 90.0 Å². The summed E-state index contributed by atoms with van der Waals surface area (Å²) in [6.07, 6.45) is 4.85. The Morgan fingerprint density at radius 2 is 2.00 bits per heavy atom. The average Bonchev–Trinajstić information content (AvgIpc) is 3.02. The molecule has 8 heteroatoms. The third-order valence-corrected chi connectivity index (χ3v) is 5.90. The smallest absolute Gasteiger partial charge is 0.331 e. The van der Waals surface area contributed by atoms with Gasteiger partial charge in [0.2, 0.25) is 0 Å². The van der Waals surface area contributed by atoms with Gasteiger partial charge in [-0.2, -0.15) is 0 Å². The Morgan fingerprint density at radius 3 is 2.59 bits per heavy atom. The van der Waals surface area contributed by atoms with E-state index in [0.29, 0.717) is 18.8 Å². The molecule has 1 atom stereocenters. The van der Waals surface area contributed by atoms with Crippen LogP contribution in [0.15, 0.2) is 43.0 Å². The third-order valence-electron chi connectivity index (χ3n) is 4.15. The molecule has 1 heterocycles. The highest BCUT2D eigenvalue weighted by atomic mass is 32.2. The lowest BCUT2D eigenvalue weighted by atomic mass is 10.2. The van der Waals surface area contributed by atoms with Gasteiger partial charge in [-0.25, -0.2) is 13.2 Å². The predicted octanol–water partition coefficient (Wildman–Crippen LogP) is 1.45. The van der Waals surface area contributed by atoms with Crippen molar-refractivity contribution in [2.24, 2.45) is 0 Å². The molecule has 1 amide bonds. The molecule has 1 aromatic carbocycles. The Balaban J connectivity index is 1.78. The standard InChI is InChI=1S/C19H23NO6S/c1-3-11-25-17-7-4-15(5-8-17)6-9-19(22)26-13-18(21)20(2)16-10-12-27(23,24)14-16/h3-9,16H,1,10-14H2,2H3/b9-6-/t16-/m0/s1. The summed E-state index contributed by atoms with van der Waals surface area (Å²) in [4.78, 5) is 25.2. The molecule has 7 nitrogen and oxygen atoms in total. The van der Waals surface area contributed by atoms with Gasteiger partial charge < -0.3 is 14.4 Å². The zero-order chi connectivity index (χ0) is 19.9. The Morgan fingerprint density at radius 1 is 1.30 bits per heavy atom. The Labute approximate surface area is 159 Å². The number of hydrogen-bond acceptors (Lipinski definition) is 6. The number of likely N-dealkylation sites (N-methyl/N-ethyl adjacent to an activating group) is 1. The summed E-state index contributed by atoms with van der Waals surface area (Å²) in [6.45, 7) is 3.56. The van der Waals surface area contributed by atoms with E-state index in [1.807, 2.05) is 0 Å². The van der Waals surface area contributed by atoms with Crippen LogP contribution in [0.3, 0.4) is 0 Å². The maximum Gasteiger partial charge on any atom is 0.331 e. The number of carbonyl (C=O) groups excluding carboxylic acids is 2. The van der Waals surface area contributed by atoms with E-state index in [4.69, 9.17) is 9.47 Å². The summed E-state index contributed by atoms with van der Waals surface area (Å²) in [6, 6.07) is 6.73. The van der Waals surface area contributed by atoms with Gasteiger partial charge in [-0.05, 0) is 30.2 Å². The van der Waals surface area contributed by atoms with Crippen LogP contribution in [-0.4, -0.2) is 63.0 Å². The van der Waals surface area contributed by atoms with Gasteiger partial charge in [-0.1, -0.05) is 24.8 Å². The molecule has 0 aromatic heterocycles. The Kier molecular flexibility index (Phi) is 7.18. The van der Waals surface area contributed by atoms with E-state index < -0.39 is 28.3 Å². The van der Waals surface area contributed by atoms with E-state index in [-0.39, 0.29) is 17.5 Å². The van der Waals surface area contributed by atoms with Crippen LogP contribution in [0.1, 0.15) is 12.0 Å². The van der Waals surface area contributed by atoms with Crippen LogP contribution in [0.5, 0.6) is 5.75 Å². The third kappa shape index (κ3) is 6.56. The number of hydrogen-bond donors (Lipinski definition) is 0. The van der Waals surface area contributed by atoms with Crippen LogP contribution in [-0.2, 0) is 24.2 Å². The van der Waals surface area contributed by atoms with Gasteiger partial charge in [0.25, 0.3) is 5.91 Å². The van der Waals surface area contributed by atoms with Crippen molar-refractivity contribution in [2.45, 2.75) is 12.5 Å². The first-order valence-electron chi connectivity index (χ1n) is 8.45. The number of esters is 1. The minimum atomic E-state index is -3.08. The van der Waals surface area contributed by atoms with Crippen molar-refractivity contribution in [3.05, 3.63) is 48.6 Å². The summed E-state index contributed by atoms with van der Waals surface area (Å²) in [5.41, 5.74) is 0.775. The van der Waals surface area contributed by atoms with Crippen molar-refractivity contribution in [1.29, 1.82) is 0 Å². The lowest BCUT2D eigenvalue weighted by Crippen LogP contribution is -2.40. The fraction of sp³-hybridized carbons (Fsp3) is 0.368. The van der Waals surface area contributed by atoms with E-state index in [9.17, 15) is 18.0 Å². The zero-order valence-electron chi connectivity index (χ0n) is 15.2. The van der Waals surface area contributed by atoms with Gasteiger partial charge in [0.1, 0.15) is 12.4 Å². The Bertz CT molecular complexity index is 813. The van der Waals surface area contributed by atoms with E-state index >= 15 is 0 Å². The molecule has 0 spiro atoms. The summed E-state index contributed by atoms with van der Waals surface area (Å²) in [7, 11) is -1.56. The maximum absolute atomic E-state index is 12.1. The van der Waals surface area contributed by atoms with Gasteiger partial charge in [-0.3, -0.25) is 4.79 Å². The summed E-state index contributed by atoms with van der Waals surface area (Å²) in [5.74, 6) is -0.354. The van der Waals surface area contributed by atoms with Crippen LogP contribution in [0.4, 0.5) is 0 Å². The quantitative estimate of drug-likeness (QED) is 0.377. The molecule has 1 aromatic rings. The molecule has 1 aliphatic rings. The van der Waals surface area contributed by atoms with Crippen LogP contribution >= 0.6 is 0 Å². The van der Waals surface area contributed by atoms with E-state index in [2.05, 4.69) is 6.58 Å². The van der Waals surface area contributed by atoms with Crippen molar-refractivity contribution >= 4 is 27.8 Å². The van der Waals surface area contributed by atoms with E-state index in [0.717, 1.165) is 5.56 Å². The monoisotopic (exact) mass is 393 g/mol. The number of ether oxygens (including phenoxy) is 2. The molecule has 0 unspecified atom stereocenters. The zero-order valence-corrected chi connectivity index (χ0v) is 16.0. The normalized spacial score (nSPS) is 18.2. The lowest BCUT2D eigenvalue weighted by Gasteiger charge is -2.22. The maximum atomic E-state index is 12.1. The first-order chi connectivity index (χ1) is 12.8. The molecule has 0 bridgehead atoms. The van der Waals surface area contributed by atoms with Gasteiger partial charge >= 0.3 is 5.97 Å².